The highest BCUT2D eigenvalue weighted by atomic mass is 35.5. The summed E-state index contributed by atoms with van der Waals surface area (Å²) < 4.78 is 6.16. The normalized spacial score (nSPS) is 12.1. The molecule has 0 saturated heterocycles. The molecular weight excluding hydrogens is 429 g/mol. The van der Waals surface area contributed by atoms with Gasteiger partial charge in [-0.2, -0.15) is 0 Å². The molecule has 2 N–H and O–H groups in total. The first-order valence-electron chi connectivity index (χ1n) is 10.1. The summed E-state index contributed by atoms with van der Waals surface area (Å²) in [7, 11) is 0. The van der Waals surface area contributed by atoms with Crippen molar-refractivity contribution in [1.29, 1.82) is 0 Å². The lowest BCUT2D eigenvalue weighted by Crippen LogP contribution is -2.21. The van der Waals surface area contributed by atoms with Crippen LogP contribution in [-0.4, -0.2) is 11.7 Å². The van der Waals surface area contributed by atoms with E-state index in [9.17, 15) is 5.11 Å². The Balaban J connectivity index is 1.54. The zero-order valence-corrected chi connectivity index (χ0v) is 18.4. The molecule has 1 atom stereocenters. The Hall–Kier alpha value is -2.56. The number of aliphatic hydroxyl groups excluding tert-OH is 1. The fourth-order valence-electron chi connectivity index (χ4n) is 3.58. The summed E-state index contributed by atoms with van der Waals surface area (Å²) in [6.45, 7) is 1.26. The summed E-state index contributed by atoms with van der Waals surface area (Å²) in [5.41, 5.74) is 2.68. The van der Waals surface area contributed by atoms with E-state index < -0.39 is 6.10 Å². The second kappa shape index (κ2) is 10.2. The van der Waals surface area contributed by atoms with E-state index in [1.165, 1.54) is 0 Å². The fourth-order valence-corrected chi connectivity index (χ4v) is 4.09. The van der Waals surface area contributed by atoms with Crippen molar-refractivity contribution < 1.29 is 9.84 Å². The number of rotatable bonds is 8. The van der Waals surface area contributed by atoms with Gasteiger partial charge in [-0.25, -0.2) is 0 Å². The quantitative estimate of drug-likeness (QED) is 0.319. The van der Waals surface area contributed by atoms with Crippen molar-refractivity contribution in [2.45, 2.75) is 19.3 Å². The highest BCUT2D eigenvalue weighted by Crippen LogP contribution is 2.31. The first-order valence-corrected chi connectivity index (χ1v) is 10.9. The SMILES string of the molecule is OC(CNCc1c(OCc2c(Cl)cccc2Cl)ccc2ccccc12)c1ccccc1. The molecule has 3 nitrogen and oxygen atoms in total. The largest absolute Gasteiger partial charge is 0.488 e. The van der Waals surface area contributed by atoms with E-state index in [1.807, 2.05) is 60.7 Å². The van der Waals surface area contributed by atoms with Gasteiger partial charge in [0.25, 0.3) is 0 Å². The van der Waals surface area contributed by atoms with Crippen LogP contribution in [0.25, 0.3) is 10.8 Å². The Morgan fingerprint density at radius 1 is 0.774 bits per heavy atom. The van der Waals surface area contributed by atoms with E-state index in [2.05, 4.69) is 17.4 Å². The van der Waals surface area contributed by atoms with Crippen molar-refractivity contribution in [1.82, 2.24) is 5.32 Å². The number of halogens is 2. The molecule has 1 unspecified atom stereocenters. The maximum Gasteiger partial charge on any atom is 0.124 e. The zero-order valence-electron chi connectivity index (χ0n) is 16.9. The summed E-state index contributed by atoms with van der Waals surface area (Å²) >= 11 is 12.6. The number of ether oxygens (including phenoxy) is 1. The Kier molecular flexibility index (Phi) is 7.10. The van der Waals surface area contributed by atoms with Gasteiger partial charge in [0, 0.05) is 34.3 Å². The zero-order chi connectivity index (χ0) is 21.6. The summed E-state index contributed by atoms with van der Waals surface area (Å²) in [4.78, 5) is 0. The second-order valence-electron chi connectivity index (χ2n) is 7.31. The van der Waals surface area contributed by atoms with Crippen LogP contribution < -0.4 is 10.1 Å². The molecule has 158 valence electrons. The maximum atomic E-state index is 10.5. The lowest BCUT2D eigenvalue weighted by Gasteiger charge is -2.17. The molecule has 0 aliphatic heterocycles. The van der Waals surface area contributed by atoms with E-state index in [4.69, 9.17) is 27.9 Å². The van der Waals surface area contributed by atoms with Crippen LogP contribution in [0.5, 0.6) is 5.75 Å². The third kappa shape index (κ3) is 5.20. The topological polar surface area (TPSA) is 41.5 Å². The lowest BCUT2D eigenvalue weighted by molar-refractivity contribution is 0.174. The average Bonchev–Trinajstić information content (AvgIpc) is 2.80. The van der Waals surface area contributed by atoms with Crippen LogP contribution in [-0.2, 0) is 13.2 Å². The van der Waals surface area contributed by atoms with Gasteiger partial charge in [-0.3, -0.25) is 0 Å². The molecular formula is C26H23Cl2NO2. The van der Waals surface area contributed by atoms with Crippen molar-refractivity contribution in [3.63, 3.8) is 0 Å². The van der Waals surface area contributed by atoms with Crippen LogP contribution in [0.3, 0.4) is 0 Å². The van der Waals surface area contributed by atoms with Crippen molar-refractivity contribution in [3.05, 3.63) is 112 Å². The van der Waals surface area contributed by atoms with Crippen LogP contribution in [0.1, 0.15) is 22.8 Å². The Morgan fingerprint density at radius 2 is 1.48 bits per heavy atom. The second-order valence-corrected chi connectivity index (χ2v) is 8.12. The predicted octanol–water partition coefficient (Wildman–Crippen LogP) is 6.55. The van der Waals surface area contributed by atoms with E-state index in [0.717, 1.165) is 33.2 Å². The van der Waals surface area contributed by atoms with Gasteiger partial charge in [-0.05, 0) is 34.5 Å². The molecule has 4 aromatic rings. The Labute approximate surface area is 192 Å². The number of benzene rings is 4. The van der Waals surface area contributed by atoms with Crippen LogP contribution in [0.15, 0.2) is 84.9 Å². The minimum atomic E-state index is -0.581. The molecule has 0 amide bonds. The summed E-state index contributed by atoms with van der Waals surface area (Å²) in [5.74, 6) is 0.761. The monoisotopic (exact) mass is 451 g/mol. The number of fused-ring (bicyclic) bond motifs is 1. The molecule has 31 heavy (non-hydrogen) atoms. The van der Waals surface area contributed by atoms with Gasteiger partial charge in [-0.1, -0.05) is 89.9 Å². The lowest BCUT2D eigenvalue weighted by atomic mass is 10.0. The highest BCUT2D eigenvalue weighted by Gasteiger charge is 2.13. The molecule has 4 aromatic carbocycles. The number of nitrogens with one attached hydrogen (secondary N) is 1. The molecule has 0 saturated carbocycles. The van der Waals surface area contributed by atoms with Gasteiger partial charge in [0.05, 0.1) is 6.10 Å². The summed E-state index contributed by atoms with van der Waals surface area (Å²) in [5, 5.41) is 17.2. The van der Waals surface area contributed by atoms with Crippen LogP contribution in [0, 0.1) is 0 Å². The van der Waals surface area contributed by atoms with E-state index in [1.54, 1.807) is 12.1 Å². The fraction of sp³-hybridized carbons (Fsp3) is 0.154. The third-order valence-corrected chi connectivity index (χ3v) is 5.96. The molecule has 0 heterocycles. The van der Waals surface area contributed by atoms with Gasteiger partial charge < -0.3 is 15.2 Å². The minimum absolute atomic E-state index is 0.274. The average molecular weight is 452 g/mol. The predicted molar refractivity (Wildman–Crippen MR) is 128 cm³/mol. The van der Waals surface area contributed by atoms with E-state index in [-0.39, 0.29) is 6.61 Å². The molecule has 4 rings (SSSR count). The Bertz CT molecular complexity index is 1140. The molecule has 0 aliphatic rings. The van der Waals surface area contributed by atoms with Crippen molar-refractivity contribution in [2.24, 2.45) is 0 Å². The maximum absolute atomic E-state index is 10.5. The molecule has 0 radical (unpaired) electrons. The van der Waals surface area contributed by atoms with Crippen molar-refractivity contribution >= 4 is 34.0 Å². The smallest absolute Gasteiger partial charge is 0.124 e. The number of hydrogen-bond acceptors (Lipinski definition) is 3. The highest BCUT2D eigenvalue weighted by molar-refractivity contribution is 6.35. The molecule has 0 spiro atoms. The standard InChI is InChI=1S/C26H23Cl2NO2/c27-23-11-6-12-24(28)22(23)17-31-26-14-13-18-7-4-5-10-20(18)21(26)15-29-16-25(30)19-8-2-1-3-9-19/h1-14,25,29-30H,15-17H2. The molecule has 0 bridgehead atoms. The summed E-state index contributed by atoms with van der Waals surface area (Å²) in [6, 6.07) is 27.3. The first-order chi connectivity index (χ1) is 15.1. The van der Waals surface area contributed by atoms with Gasteiger partial charge in [0.1, 0.15) is 12.4 Å². The van der Waals surface area contributed by atoms with Gasteiger partial charge in [-0.15, -0.1) is 0 Å². The molecule has 5 heteroatoms. The van der Waals surface area contributed by atoms with Crippen molar-refractivity contribution in [2.75, 3.05) is 6.54 Å². The molecule has 0 fully saturated rings. The number of aliphatic hydroxyl groups is 1. The summed E-state index contributed by atoms with van der Waals surface area (Å²) in [6.07, 6.45) is -0.581. The van der Waals surface area contributed by atoms with Crippen molar-refractivity contribution in [3.8, 4) is 5.75 Å². The Morgan fingerprint density at radius 3 is 2.26 bits per heavy atom. The van der Waals surface area contributed by atoms with Crippen LogP contribution >= 0.6 is 23.2 Å². The van der Waals surface area contributed by atoms with E-state index >= 15 is 0 Å². The number of hydrogen-bond donors (Lipinski definition) is 2. The van der Waals surface area contributed by atoms with Gasteiger partial charge in [0.15, 0.2) is 0 Å². The van der Waals surface area contributed by atoms with Crippen LogP contribution in [0.4, 0.5) is 0 Å². The van der Waals surface area contributed by atoms with Crippen LogP contribution in [0.2, 0.25) is 10.0 Å². The van der Waals surface area contributed by atoms with Gasteiger partial charge >= 0.3 is 0 Å². The minimum Gasteiger partial charge on any atom is -0.488 e. The van der Waals surface area contributed by atoms with Gasteiger partial charge in [0.2, 0.25) is 0 Å². The van der Waals surface area contributed by atoms with E-state index in [0.29, 0.717) is 23.1 Å². The first kappa shape index (κ1) is 21.7. The third-order valence-electron chi connectivity index (χ3n) is 5.26. The molecule has 0 aliphatic carbocycles. The molecule has 0 aromatic heterocycles.